The Morgan fingerprint density at radius 1 is 0.218 bits per heavy atom. The third-order valence-electron chi connectivity index (χ3n) is 26.8. The van der Waals surface area contributed by atoms with Crippen LogP contribution < -0.4 is 0 Å². The Labute approximate surface area is 752 Å². The van der Waals surface area contributed by atoms with Gasteiger partial charge in [0.05, 0.1) is 0 Å². The van der Waals surface area contributed by atoms with Crippen molar-refractivity contribution < 1.29 is 0 Å². The van der Waals surface area contributed by atoms with E-state index < -0.39 is 0 Å². The molecule has 0 aromatic heterocycles. The Kier molecular flexibility index (Phi) is 57.1. The summed E-state index contributed by atoms with van der Waals surface area (Å²) in [6, 6.07) is 3.50. The zero-order chi connectivity index (χ0) is 90.7. The molecule has 0 radical (unpaired) electrons. The van der Waals surface area contributed by atoms with Gasteiger partial charge in [0, 0.05) is 56.9 Å². The molecule has 0 unspecified atom stereocenters. The molecule has 10 aliphatic heterocycles. The first-order valence-corrected chi connectivity index (χ1v) is 51.5. The molecule has 10 rings (SSSR count). The van der Waals surface area contributed by atoms with E-state index in [9.17, 15) is 0 Å². The number of piperazine rings is 1. The minimum atomic E-state index is 0.489. The maximum absolute atomic E-state index is 2.63. The average molecular weight is 1680 g/mol. The smallest absolute Gasteiger partial charge is 0.0110 e. The second kappa shape index (κ2) is 58.3. The lowest BCUT2D eigenvalue weighted by Crippen LogP contribution is -2.45. The van der Waals surface area contributed by atoms with Crippen molar-refractivity contribution in [3.63, 3.8) is 0 Å². The van der Waals surface area contributed by atoms with Gasteiger partial charge in [0.2, 0.25) is 0 Å². The van der Waals surface area contributed by atoms with Crippen LogP contribution in [0.1, 0.15) is 421 Å². The van der Waals surface area contributed by atoms with E-state index in [-0.39, 0.29) is 0 Å². The summed E-state index contributed by atoms with van der Waals surface area (Å²) in [7, 11) is 11.2. The summed E-state index contributed by atoms with van der Waals surface area (Å²) in [5.41, 5.74) is 5.15. The molecule has 10 aliphatic rings. The van der Waals surface area contributed by atoms with E-state index in [2.05, 4.69) is 311 Å². The third kappa shape index (κ3) is 68.3. The van der Waals surface area contributed by atoms with E-state index in [1.54, 1.807) is 0 Å². The van der Waals surface area contributed by atoms with Gasteiger partial charge in [-0.05, 0) is 418 Å². The molecule has 0 saturated carbocycles. The standard InChI is InChI=1S/C12H25N.C11H24N2.5C11H23N.3C10H21N/c1-12(2,3)8-7-11-13-9-5-4-6-10-13;1-11(2,3)5-6-13-9-7-12(4)8-10-13;1-11(2,3)9-10-5-7-12(4)8-6-10;2*1-11(2,3)8-7-10-6-5-9-12(10)4;2*1-5-12-8-6-7-10(12)9-11(2,3)4;1-10(2,3)7-9-5-6-11(4)8-9;1-10(2,3)6-4-7-11-8-5-9-11;1-10(2,3)6-9-11-7-4-5-8-11/h4-11H2,1-3H3;5-10H2,1-4H3;5*10H,5-9H2,1-4H3;9H,5-8H2,1-4H3;2*4-9H2,1-3H3/t;;;4*10-;9-;;/m...10100../s1. The van der Waals surface area contributed by atoms with Crippen LogP contribution in [0.5, 0.6) is 0 Å². The van der Waals surface area contributed by atoms with Crippen molar-refractivity contribution in [2.24, 2.45) is 66.0 Å². The highest BCUT2D eigenvalue weighted by Crippen LogP contribution is 2.35. The Morgan fingerprint density at radius 3 is 0.798 bits per heavy atom. The zero-order valence-electron chi connectivity index (χ0n) is 89.3. The normalized spacial score (nSPS) is 24.0. The van der Waals surface area contributed by atoms with Gasteiger partial charge in [0.1, 0.15) is 0 Å². The Balaban J connectivity index is 0.000000661. The summed E-state index contributed by atoms with van der Waals surface area (Å²) >= 11 is 0. The molecule has 11 heteroatoms. The minimum absolute atomic E-state index is 0.489. The summed E-state index contributed by atoms with van der Waals surface area (Å²) < 4.78 is 0. The molecule has 714 valence electrons. The fraction of sp³-hybridized carbons (Fsp3) is 1.00. The number of likely N-dealkylation sites (tertiary alicyclic amines) is 9. The molecule has 10 fully saturated rings. The Hall–Kier alpha value is -0.440. The number of hydrogen-bond acceptors (Lipinski definition) is 11. The highest BCUT2D eigenvalue weighted by Gasteiger charge is 2.31. The van der Waals surface area contributed by atoms with Gasteiger partial charge in [0.25, 0.3) is 0 Å². The van der Waals surface area contributed by atoms with Gasteiger partial charge in [-0.25, -0.2) is 0 Å². The molecule has 0 N–H and O–H groups in total. The van der Waals surface area contributed by atoms with Crippen LogP contribution in [-0.4, -0.2) is 270 Å². The topological polar surface area (TPSA) is 35.6 Å². The molecular weight excluding hydrogens is 1450 g/mol. The van der Waals surface area contributed by atoms with Crippen LogP contribution in [0.15, 0.2) is 0 Å². The van der Waals surface area contributed by atoms with E-state index in [0.29, 0.717) is 54.1 Å². The van der Waals surface area contributed by atoms with E-state index in [0.717, 1.165) is 36.0 Å². The first kappa shape index (κ1) is 117. The Morgan fingerprint density at radius 2 is 0.504 bits per heavy atom. The van der Waals surface area contributed by atoms with Crippen LogP contribution in [-0.2, 0) is 0 Å². The molecular formula is C108H227N11. The van der Waals surface area contributed by atoms with Crippen LogP contribution in [0, 0.1) is 66.0 Å². The van der Waals surface area contributed by atoms with Gasteiger partial charge in [-0.2, -0.15) is 0 Å². The summed E-state index contributed by atoms with van der Waals surface area (Å²) in [5.74, 6) is 1.95. The number of likely N-dealkylation sites (N-methyl/N-ethyl adjacent to an activating group) is 1. The summed E-state index contributed by atoms with van der Waals surface area (Å²) in [6.07, 6.45) is 43.3. The fourth-order valence-corrected chi connectivity index (χ4v) is 19.1. The molecule has 0 amide bonds. The molecule has 0 aromatic rings. The molecule has 0 bridgehead atoms. The van der Waals surface area contributed by atoms with Gasteiger partial charge in [-0.15, -0.1) is 0 Å². The van der Waals surface area contributed by atoms with Crippen molar-refractivity contribution in [1.29, 1.82) is 0 Å². The van der Waals surface area contributed by atoms with Crippen molar-refractivity contribution in [3.8, 4) is 0 Å². The predicted octanol–water partition coefficient (Wildman–Crippen LogP) is 26.8. The third-order valence-corrected chi connectivity index (χ3v) is 26.8. The van der Waals surface area contributed by atoms with Crippen molar-refractivity contribution in [1.82, 2.24) is 53.9 Å². The average Bonchev–Trinajstić information content (AvgIpc) is 1.83. The predicted molar refractivity (Wildman–Crippen MR) is 538 cm³/mol. The van der Waals surface area contributed by atoms with Crippen molar-refractivity contribution in [2.45, 2.75) is 445 Å². The molecule has 11 nitrogen and oxygen atoms in total. The maximum Gasteiger partial charge on any atom is 0.0110 e. The fourth-order valence-electron chi connectivity index (χ4n) is 19.1. The maximum atomic E-state index is 2.63. The SMILES string of the molecule is CC(C)(C)CCCN1CCC1.CC(C)(C)CCCN1CCCCC1.CC(C)(C)CCN1CCCC1.CCN1CCC[C@@H]1CC(C)(C)C.CCN1CCC[C@H]1CC(C)(C)C.CN1CCC(CC(C)(C)C)CC1.CN1CCC[C@@H]1CCC(C)(C)C.CN1CCC[C@H]1CCC(C)(C)C.CN1CCN(CCC(C)(C)C)CC1.CN1CC[C@@H](CC(C)(C)C)C1. The van der Waals surface area contributed by atoms with Gasteiger partial charge >= 0.3 is 0 Å². The van der Waals surface area contributed by atoms with Gasteiger partial charge in [-0.1, -0.05) is 228 Å². The lowest BCUT2D eigenvalue weighted by Gasteiger charge is -2.33. The largest absolute Gasteiger partial charge is 0.306 e. The summed E-state index contributed by atoms with van der Waals surface area (Å²) in [4.78, 5) is 28.0. The van der Waals surface area contributed by atoms with E-state index in [1.165, 1.54) is 356 Å². The first-order chi connectivity index (χ1) is 54.7. The summed E-state index contributed by atoms with van der Waals surface area (Å²) in [6.45, 7) is 106. The minimum Gasteiger partial charge on any atom is -0.306 e. The lowest BCUT2D eigenvalue weighted by atomic mass is 9.80. The van der Waals surface area contributed by atoms with Crippen LogP contribution >= 0.6 is 0 Å². The van der Waals surface area contributed by atoms with Crippen LogP contribution in [0.25, 0.3) is 0 Å². The Bertz CT molecular complexity index is 2310. The van der Waals surface area contributed by atoms with E-state index >= 15 is 0 Å². The highest BCUT2D eigenvalue weighted by molar-refractivity contribution is 4.86. The second-order valence-corrected chi connectivity index (χ2v) is 52.6. The highest BCUT2D eigenvalue weighted by atomic mass is 15.2. The number of rotatable bonds is 20. The van der Waals surface area contributed by atoms with Crippen molar-refractivity contribution in [2.75, 3.05) is 192 Å². The molecule has 5 atom stereocenters. The quantitative estimate of drug-likeness (QED) is 0.117. The van der Waals surface area contributed by atoms with Gasteiger partial charge in [0.15, 0.2) is 0 Å². The van der Waals surface area contributed by atoms with E-state index in [4.69, 9.17) is 0 Å². The first-order valence-electron chi connectivity index (χ1n) is 51.5. The monoisotopic (exact) mass is 1680 g/mol. The molecule has 119 heavy (non-hydrogen) atoms. The molecule has 0 spiro atoms. The lowest BCUT2D eigenvalue weighted by molar-refractivity contribution is 0.139. The van der Waals surface area contributed by atoms with Crippen molar-refractivity contribution in [3.05, 3.63) is 0 Å². The number of hydrogen-bond donors (Lipinski definition) is 0. The van der Waals surface area contributed by atoms with Crippen LogP contribution in [0.3, 0.4) is 0 Å². The second-order valence-electron chi connectivity index (χ2n) is 52.6. The summed E-state index contributed by atoms with van der Waals surface area (Å²) in [5, 5.41) is 0. The zero-order valence-corrected chi connectivity index (χ0v) is 89.3. The van der Waals surface area contributed by atoms with E-state index in [1.807, 2.05) is 0 Å². The molecule has 10 saturated heterocycles. The van der Waals surface area contributed by atoms with Gasteiger partial charge < -0.3 is 53.9 Å². The molecule has 10 heterocycles. The number of piperidine rings is 2. The van der Waals surface area contributed by atoms with Gasteiger partial charge in [-0.3, -0.25) is 0 Å². The molecule has 0 aromatic carbocycles. The van der Waals surface area contributed by atoms with Crippen LogP contribution in [0.2, 0.25) is 0 Å². The number of nitrogens with zero attached hydrogens (tertiary/aromatic N) is 11. The van der Waals surface area contributed by atoms with Crippen molar-refractivity contribution >= 4 is 0 Å². The van der Waals surface area contributed by atoms with Crippen LogP contribution in [0.4, 0.5) is 0 Å². The molecule has 0 aliphatic carbocycles.